The highest BCUT2D eigenvalue weighted by Gasteiger charge is 2.45. The van der Waals surface area contributed by atoms with Crippen LogP contribution >= 0.6 is 11.3 Å². The van der Waals surface area contributed by atoms with Crippen LogP contribution in [0.2, 0.25) is 0 Å². The van der Waals surface area contributed by atoms with Gasteiger partial charge in [-0.25, -0.2) is 4.79 Å². The van der Waals surface area contributed by atoms with Gasteiger partial charge in [0.05, 0.1) is 22.6 Å². The van der Waals surface area contributed by atoms with Gasteiger partial charge in [0.25, 0.3) is 0 Å². The highest BCUT2D eigenvalue weighted by Crippen LogP contribution is 2.38. The molecule has 1 aliphatic heterocycles. The number of hydrogen-bond donors (Lipinski definition) is 0. The number of oxime groups is 1. The minimum absolute atomic E-state index is 0.373. The van der Waals surface area contributed by atoms with E-state index in [1.54, 1.807) is 25.1 Å². The Bertz CT molecular complexity index is 632. The number of methoxy groups -OCH3 is 1. The minimum Gasteiger partial charge on any atom is -0.495 e. The van der Waals surface area contributed by atoms with Crippen LogP contribution in [0.3, 0.4) is 0 Å². The van der Waals surface area contributed by atoms with Crippen LogP contribution in [0, 0.1) is 0 Å². The molecule has 0 atom stereocenters. The van der Waals surface area contributed by atoms with Crippen molar-refractivity contribution in [3.05, 3.63) is 16.5 Å². The monoisotopic (exact) mass is 320 g/mol. The van der Waals surface area contributed by atoms with Crippen molar-refractivity contribution in [2.45, 2.75) is 6.18 Å². The second-order valence-electron chi connectivity index (χ2n) is 4.29. The number of hydrogen-bond acceptors (Lipinski definition) is 6. The van der Waals surface area contributed by atoms with Gasteiger partial charge in [-0.2, -0.15) is 13.2 Å². The summed E-state index contributed by atoms with van der Waals surface area (Å²) in [4.78, 5) is 17.7. The van der Waals surface area contributed by atoms with Crippen molar-refractivity contribution in [1.82, 2.24) is 0 Å². The summed E-state index contributed by atoms with van der Waals surface area (Å²) < 4.78 is 43.4. The molecule has 0 saturated heterocycles. The first kappa shape index (κ1) is 15.4. The van der Waals surface area contributed by atoms with Crippen molar-refractivity contribution in [3.63, 3.8) is 0 Å². The molecule has 5 nitrogen and oxygen atoms in total. The van der Waals surface area contributed by atoms with Gasteiger partial charge in [0.15, 0.2) is 5.71 Å². The second-order valence-corrected chi connectivity index (χ2v) is 5.35. The fraction of sp³-hybridized carbons (Fsp3) is 0.333. The van der Waals surface area contributed by atoms with E-state index in [2.05, 4.69) is 9.99 Å². The Kier molecular flexibility index (Phi) is 3.95. The molecule has 0 unspecified atom stereocenters. The van der Waals surface area contributed by atoms with Crippen LogP contribution < -0.4 is 9.64 Å². The first-order valence-electron chi connectivity index (χ1n) is 5.67. The largest absolute Gasteiger partial charge is 0.495 e. The molecule has 2 rings (SSSR count). The van der Waals surface area contributed by atoms with E-state index in [1.165, 1.54) is 18.4 Å². The van der Waals surface area contributed by atoms with Crippen molar-refractivity contribution in [3.8, 4) is 5.75 Å². The van der Waals surface area contributed by atoms with E-state index >= 15 is 0 Å². The summed E-state index contributed by atoms with van der Waals surface area (Å²) in [6.07, 6.45) is -3.68. The highest BCUT2D eigenvalue weighted by atomic mass is 32.1. The lowest BCUT2D eigenvalue weighted by Gasteiger charge is -2.06. The maximum absolute atomic E-state index is 12.8. The van der Waals surface area contributed by atoms with Gasteiger partial charge in [-0.05, 0) is 6.08 Å². The van der Waals surface area contributed by atoms with E-state index in [9.17, 15) is 18.0 Å². The van der Waals surface area contributed by atoms with Crippen LogP contribution in [0.1, 0.15) is 4.88 Å². The number of nitrogens with zero attached hydrogens (tertiary/aromatic N) is 2. The smallest absolute Gasteiger partial charge is 0.437 e. The number of anilines is 1. The summed E-state index contributed by atoms with van der Waals surface area (Å²) in [7, 11) is 4.97. The van der Waals surface area contributed by atoms with Gasteiger partial charge in [-0.1, -0.05) is 5.16 Å². The van der Waals surface area contributed by atoms with Crippen LogP contribution in [0.25, 0.3) is 6.08 Å². The van der Waals surface area contributed by atoms with Gasteiger partial charge >= 0.3 is 12.1 Å². The van der Waals surface area contributed by atoms with Crippen molar-refractivity contribution in [2.24, 2.45) is 5.16 Å². The van der Waals surface area contributed by atoms with Crippen molar-refractivity contribution >= 4 is 34.1 Å². The van der Waals surface area contributed by atoms with Gasteiger partial charge in [-0.3, -0.25) is 0 Å². The number of halogens is 3. The van der Waals surface area contributed by atoms with Crippen LogP contribution in [0.15, 0.2) is 16.8 Å². The summed E-state index contributed by atoms with van der Waals surface area (Å²) in [6, 6.07) is 1.67. The zero-order chi connectivity index (χ0) is 15.8. The highest BCUT2D eigenvalue weighted by molar-refractivity contribution is 7.17. The van der Waals surface area contributed by atoms with Crippen LogP contribution in [0.4, 0.5) is 18.2 Å². The van der Waals surface area contributed by atoms with E-state index in [-0.39, 0.29) is 0 Å². The molecule has 0 radical (unpaired) electrons. The third-order valence-electron chi connectivity index (χ3n) is 2.61. The zero-order valence-electron chi connectivity index (χ0n) is 11.3. The Hall–Kier alpha value is -2.03. The summed E-state index contributed by atoms with van der Waals surface area (Å²) in [5.41, 5.74) is -1.97. The molecule has 0 spiro atoms. The zero-order valence-corrected chi connectivity index (χ0v) is 12.1. The number of carbonyl (C=O) groups is 1. The second kappa shape index (κ2) is 5.40. The predicted octanol–water partition coefficient (Wildman–Crippen LogP) is 2.68. The Morgan fingerprint density at radius 3 is 2.62 bits per heavy atom. The summed E-state index contributed by atoms with van der Waals surface area (Å²) in [5, 5.41) is 3.56. The molecule has 1 aliphatic rings. The Morgan fingerprint density at radius 2 is 2.10 bits per heavy atom. The molecule has 0 bridgehead atoms. The molecule has 1 aromatic heterocycles. The van der Waals surface area contributed by atoms with Crippen LogP contribution in [-0.2, 0) is 9.63 Å². The Balaban J connectivity index is 2.47. The maximum Gasteiger partial charge on any atom is 0.437 e. The molecule has 0 fully saturated rings. The van der Waals surface area contributed by atoms with Gasteiger partial charge in [0.2, 0.25) is 0 Å². The van der Waals surface area contributed by atoms with Crippen LogP contribution in [-0.4, -0.2) is 39.1 Å². The van der Waals surface area contributed by atoms with E-state index in [1.807, 2.05) is 0 Å². The summed E-state index contributed by atoms with van der Waals surface area (Å²) in [5.74, 6) is -0.762. The van der Waals surface area contributed by atoms with Crippen LogP contribution in [0.5, 0.6) is 5.75 Å². The topological polar surface area (TPSA) is 51.1 Å². The molecular weight excluding hydrogens is 309 g/mol. The molecule has 0 aromatic carbocycles. The number of carbonyl (C=O) groups excluding carboxylic acids is 1. The molecule has 114 valence electrons. The molecule has 2 heterocycles. The van der Waals surface area contributed by atoms with Crippen molar-refractivity contribution < 1.29 is 27.5 Å². The number of thiophene rings is 1. The lowest BCUT2D eigenvalue weighted by atomic mass is 10.1. The predicted molar refractivity (Wildman–Crippen MR) is 72.8 cm³/mol. The van der Waals surface area contributed by atoms with E-state index in [0.717, 1.165) is 11.1 Å². The van der Waals surface area contributed by atoms with Crippen molar-refractivity contribution in [2.75, 3.05) is 26.1 Å². The summed E-state index contributed by atoms with van der Waals surface area (Å²) >= 11 is 1.19. The van der Waals surface area contributed by atoms with Crippen molar-refractivity contribution in [1.29, 1.82) is 0 Å². The Morgan fingerprint density at radius 1 is 1.43 bits per heavy atom. The molecule has 0 aliphatic carbocycles. The van der Waals surface area contributed by atoms with Gasteiger partial charge in [0.1, 0.15) is 5.75 Å². The van der Waals surface area contributed by atoms with E-state index in [4.69, 9.17) is 4.74 Å². The average Bonchev–Trinajstić information content (AvgIpc) is 2.94. The fourth-order valence-electron chi connectivity index (χ4n) is 1.60. The SMILES string of the molecule is COc1cc(N(C)C)sc1C=C1C(=O)ON=C1C(F)(F)F. The Labute approximate surface area is 122 Å². The first-order valence-corrected chi connectivity index (χ1v) is 6.49. The average molecular weight is 320 g/mol. The standard InChI is InChI=1S/C12H11F3N2O3S/c1-17(2)9-5-7(19-3)8(21-9)4-6-10(12(13,14)15)16-20-11(6)18/h4-5H,1-3H3. The lowest BCUT2D eigenvalue weighted by Crippen LogP contribution is -2.24. The molecule has 0 amide bonds. The first-order chi connectivity index (χ1) is 9.74. The van der Waals surface area contributed by atoms with E-state index < -0.39 is 23.4 Å². The molecule has 0 N–H and O–H groups in total. The number of ether oxygens (including phenoxy) is 1. The van der Waals surface area contributed by atoms with E-state index in [0.29, 0.717) is 10.6 Å². The third-order valence-corrected chi connectivity index (χ3v) is 3.84. The molecular formula is C12H11F3N2O3S. The molecule has 0 saturated carbocycles. The quantitative estimate of drug-likeness (QED) is 0.635. The molecule has 9 heteroatoms. The lowest BCUT2D eigenvalue weighted by molar-refractivity contribution is -0.136. The number of alkyl halides is 3. The van der Waals surface area contributed by atoms with Gasteiger partial charge in [0, 0.05) is 20.2 Å². The number of rotatable bonds is 3. The molecule has 1 aromatic rings. The normalized spacial score (nSPS) is 17.0. The fourth-order valence-corrected chi connectivity index (χ4v) is 2.59. The minimum atomic E-state index is -4.76. The molecule has 21 heavy (non-hydrogen) atoms. The van der Waals surface area contributed by atoms with Gasteiger partial charge in [-0.15, -0.1) is 11.3 Å². The maximum atomic E-state index is 12.8. The summed E-state index contributed by atoms with van der Waals surface area (Å²) in [6.45, 7) is 0. The third kappa shape index (κ3) is 3.02. The van der Waals surface area contributed by atoms with Gasteiger partial charge < -0.3 is 14.5 Å².